The lowest BCUT2D eigenvalue weighted by molar-refractivity contribution is 0.126. The molecule has 0 radical (unpaired) electrons. The molecule has 1 aliphatic rings. The maximum absolute atomic E-state index is 10.0. The highest BCUT2D eigenvalue weighted by Crippen LogP contribution is 2.37. The zero-order valence-corrected chi connectivity index (χ0v) is 12.9. The number of benzene rings is 1. The molecule has 3 rings (SSSR count). The zero-order valence-electron chi connectivity index (χ0n) is 12.1. The van der Waals surface area contributed by atoms with E-state index in [1.807, 2.05) is 6.20 Å². The number of nitrogens with zero attached hydrogens (tertiary/aromatic N) is 3. The van der Waals surface area contributed by atoms with Crippen LogP contribution in [-0.2, 0) is 0 Å². The first-order chi connectivity index (χ1) is 10.8. The normalized spacial score (nSPS) is 15.3. The van der Waals surface area contributed by atoms with Crippen molar-refractivity contribution in [1.29, 1.82) is 5.26 Å². The quantitative estimate of drug-likeness (QED) is 0.795. The summed E-state index contributed by atoms with van der Waals surface area (Å²) in [5, 5.41) is 19.7. The fourth-order valence-electron chi connectivity index (χ4n) is 2.08. The van der Waals surface area contributed by atoms with Gasteiger partial charge < -0.3 is 14.4 Å². The van der Waals surface area contributed by atoms with E-state index >= 15 is 0 Å². The molecule has 6 heteroatoms. The Morgan fingerprint density at radius 2 is 2.18 bits per heavy atom. The first-order valence-electron chi connectivity index (χ1n) is 7.23. The van der Waals surface area contributed by atoms with E-state index in [2.05, 4.69) is 15.6 Å². The molecule has 1 saturated carbocycles. The number of ether oxygens (including phenoxy) is 1. The molecule has 1 atom stereocenters. The number of hydrogen-bond donors (Lipinski definition) is 1. The highest BCUT2D eigenvalue weighted by atomic mass is 32.2. The van der Waals surface area contributed by atoms with Crippen molar-refractivity contribution in [3.8, 4) is 11.8 Å². The summed E-state index contributed by atoms with van der Waals surface area (Å²) in [6, 6.07) is 9.51. The van der Waals surface area contributed by atoms with Gasteiger partial charge in [-0.1, -0.05) is 11.8 Å². The molecular formula is C16H17N3O2S. The molecule has 0 unspecified atom stereocenters. The third-order valence-corrected chi connectivity index (χ3v) is 4.53. The number of nitriles is 1. The molecule has 2 aromatic rings. The highest BCUT2D eigenvalue weighted by molar-refractivity contribution is 7.99. The van der Waals surface area contributed by atoms with E-state index in [0.29, 0.717) is 23.1 Å². The van der Waals surface area contributed by atoms with Gasteiger partial charge in [-0.05, 0) is 37.1 Å². The zero-order chi connectivity index (χ0) is 15.4. The molecule has 1 aliphatic carbocycles. The molecule has 0 aliphatic heterocycles. The molecule has 5 nitrogen and oxygen atoms in total. The van der Waals surface area contributed by atoms with Crippen molar-refractivity contribution in [3.05, 3.63) is 42.2 Å². The van der Waals surface area contributed by atoms with Gasteiger partial charge in [-0.15, -0.1) is 0 Å². The van der Waals surface area contributed by atoms with Gasteiger partial charge in [0.2, 0.25) is 0 Å². The van der Waals surface area contributed by atoms with Gasteiger partial charge in [0.25, 0.3) is 0 Å². The monoisotopic (exact) mass is 315 g/mol. The second-order valence-electron chi connectivity index (χ2n) is 5.26. The molecular weight excluding hydrogens is 298 g/mol. The summed E-state index contributed by atoms with van der Waals surface area (Å²) in [5.74, 6) is 1.20. The number of rotatable bonds is 7. The first-order valence-corrected chi connectivity index (χ1v) is 8.21. The summed E-state index contributed by atoms with van der Waals surface area (Å²) in [6.07, 6.45) is 5.67. The molecule has 0 bridgehead atoms. The Morgan fingerprint density at radius 1 is 1.41 bits per heavy atom. The second-order valence-corrected chi connectivity index (χ2v) is 6.25. The van der Waals surface area contributed by atoms with Crippen molar-refractivity contribution in [2.75, 3.05) is 12.4 Å². The number of aliphatic hydroxyl groups excluding tert-OH is 1. The first kappa shape index (κ1) is 14.9. The average molecular weight is 315 g/mol. The van der Waals surface area contributed by atoms with E-state index in [9.17, 15) is 5.11 Å². The SMILES string of the molecule is N#Cc1ccc(OC[C@H](O)CSc2nccn2C2CC2)cc1. The van der Waals surface area contributed by atoms with Gasteiger partial charge in [-0.3, -0.25) is 0 Å². The van der Waals surface area contributed by atoms with E-state index < -0.39 is 6.10 Å². The molecule has 1 fully saturated rings. The predicted octanol–water partition coefficient (Wildman–Crippen LogP) is 2.62. The van der Waals surface area contributed by atoms with Crippen LogP contribution < -0.4 is 4.74 Å². The van der Waals surface area contributed by atoms with Crippen molar-refractivity contribution >= 4 is 11.8 Å². The number of thioether (sulfide) groups is 1. The Morgan fingerprint density at radius 3 is 2.86 bits per heavy atom. The fourth-order valence-corrected chi connectivity index (χ4v) is 3.01. The van der Waals surface area contributed by atoms with Gasteiger partial charge in [0.1, 0.15) is 12.4 Å². The highest BCUT2D eigenvalue weighted by Gasteiger charge is 2.25. The lowest BCUT2D eigenvalue weighted by atomic mass is 10.2. The minimum atomic E-state index is -0.565. The molecule has 1 N–H and O–H groups in total. The summed E-state index contributed by atoms with van der Waals surface area (Å²) >= 11 is 1.55. The number of aliphatic hydroxyl groups is 1. The molecule has 0 spiro atoms. The third-order valence-electron chi connectivity index (χ3n) is 3.40. The van der Waals surface area contributed by atoms with Gasteiger partial charge in [0.15, 0.2) is 5.16 Å². The lowest BCUT2D eigenvalue weighted by Gasteiger charge is -2.12. The molecule has 114 valence electrons. The van der Waals surface area contributed by atoms with Crippen LogP contribution in [0.2, 0.25) is 0 Å². The molecule has 1 aromatic carbocycles. The van der Waals surface area contributed by atoms with E-state index in [-0.39, 0.29) is 6.61 Å². The van der Waals surface area contributed by atoms with Gasteiger partial charge in [-0.2, -0.15) is 5.26 Å². The van der Waals surface area contributed by atoms with E-state index in [0.717, 1.165) is 5.16 Å². The lowest BCUT2D eigenvalue weighted by Crippen LogP contribution is -2.20. The summed E-state index contributed by atoms with van der Waals surface area (Å²) in [5.41, 5.74) is 0.593. The number of hydrogen-bond acceptors (Lipinski definition) is 5. The Balaban J connectivity index is 1.45. The molecule has 1 heterocycles. The standard InChI is InChI=1S/C16H17N3O2S/c17-9-12-1-5-15(6-2-12)21-10-14(20)11-22-16-18-7-8-19(16)13-3-4-13/h1-2,5-8,13-14,20H,3-4,10-11H2/t14-/m0/s1. The van der Waals surface area contributed by atoms with E-state index in [1.165, 1.54) is 12.8 Å². The minimum Gasteiger partial charge on any atom is -0.491 e. The van der Waals surface area contributed by atoms with Crippen LogP contribution in [0.4, 0.5) is 0 Å². The van der Waals surface area contributed by atoms with Crippen molar-refractivity contribution in [1.82, 2.24) is 9.55 Å². The largest absolute Gasteiger partial charge is 0.491 e. The van der Waals surface area contributed by atoms with Crippen LogP contribution in [0.5, 0.6) is 5.75 Å². The molecule has 0 saturated heterocycles. The van der Waals surface area contributed by atoms with E-state index in [1.54, 1.807) is 42.2 Å². The van der Waals surface area contributed by atoms with Crippen LogP contribution >= 0.6 is 11.8 Å². The molecule has 22 heavy (non-hydrogen) atoms. The van der Waals surface area contributed by atoms with E-state index in [4.69, 9.17) is 10.00 Å². The number of aromatic nitrogens is 2. The van der Waals surface area contributed by atoms with Crippen molar-refractivity contribution in [3.63, 3.8) is 0 Å². The maximum Gasteiger partial charge on any atom is 0.168 e. The molecule has 1 aromatic heterocycles. The average Bonchev–Trinajstić information content (AvgIpc) is 3.29. The van der Waals surface area contributed by atoms with Crippen LogP contribution in [0, 0.1) is 11.3 Å². The summed E-state index contributed by atoms with van der Waals surface area (Å²) in [4.78, 5) is 4.33. The van der Waals surface area contributed by atoms with Crippen LogP contribution in [0.3, 0.4) is 0 Å². The summed E-state index contributed by atoms with van der Waals surface area (Å²) < 4.78 is 7.71. The fraction of sp³-hybridized carbons (Fsp3) is 0.375. The third kappa shape index (κ3) is 3.81. The Kier molecular flexibility index (Phi) is 4.66. The summed E-state index contributed by atoms with van der Waals surface area (Å²) in [6.45, 7) is 0.225. The minimum absolute atomic E-state index is 0.225. The predicted molar refractivity (Wildman–Crippen MR) is 83.9 cm³/mol. The maximum atomic E-state index is 10.0. The Bertz CT molecular complexity index is 659. The number of imidazole rings is 1. The van der Waals surface area contributed by atoms with Gasteiger partial charge in [0.05, 0.1) is 17.7 Å². The second kappa shape index (κ2) is 6.86. The topological polar surface area (TPSA) is 71.1 Å². The van der Waals surface area contributed by atoms with Crippen LogP contribution in [0.15, 0.2) is 41.8 Å². The van der Waals surface area contributed by atoms with Crippen LogP contribution in [-0.4, -0.2) is 33.1 Å². The van der Waals surface area contributed by atoms with Crippen molar-refractivity contribution < 1.29 is 9.84 Å². The van der Waals surface area contributed by atoms with Crippen LogP contribution in [0.25, 0.3) is 0 Å². The molecule has 0 amide bonds. The van der Waals surface area contributed by atoms with Crippen molar-refractivity contribution in [2.45, 2.75) is 30.1 Å². The summed E-state index contributed by atoms with van der Waals surface area (Å²) in [7, 11) is 0. The Labute approximate surface area is 133 Å². The smallest absolute Gasteiger partial charge is 0.168 e. The van der Waals surface area contributed by atoms with Gasteiger partial charge in [0, 0.05) is 24.2 Å². The van der Waals surface area contributed by atoms with Crippen molar-refractivity contribution in [2.24, 2.45) is 0 Å². The Hall–Kier alpha value is -1.97. The van der Waals surface area contributed by atoms with Gasteiger partial charge >= 0.3 is 0 Å². The van der Waals surface area contributed by atoms with Gasteiger partial charge in [-0.25, -0.2) is 4.98 Å². The van der Waals surface area contributed by atoms with Crippen LogP contribution in [0.1, 0.15) is 24.4 Å².